The van der Waals surface area contributed by atoms with Gasteiger partial charge in [-0.1, -0.05) is 23.7 Å². The van der Waals surface area contributed by atoms with Crippen LogP contribution < -0.4 is 10.5 Å². The maximum atomic E-state index is 12.2. The van der Waals surface area contributed by atoms with Crippen molar-refractivity contribution in [3.63, 3.8) is 0 Å². The summed E-state index contributed by atoms with van der Waals surface area (Å²) in [5, 5.41) is 0.817. The fourth-order valence-electron chi connectivity index (χ4n) is 3.07. The zero-order chi connectivity index (χ0) is 17.2. The molecular weight excluding hydrogens is 336 g/mol. The van der Waals surface area contributed by atoms with Gasteiger partial charge in [0.2, 0.25) is 0 Å². The van der Waals surface area contributed by atoms with Crippen molar-refractivity contribution >= 4 is 40.5 Å². The van der Waals surface area contributed by atoms with E-state index in [1.54, 1.807) is 24.3 Å². The van der Waals surface area contributed by atoms with Gasteiger partial charge in [0.1, 0.15) is 11.6 Å². The topological polar surface area (TPSA) is 61.9 Å². The van der Waals surface area contributed by atoms with Crippen LogP contribution in [0.5, 0.6) is 0 Å². The molecule has 126 valence electrons. The van der Waals surface area contributed by atoms with Crippen molar-refractivity contribution in [1.82, 2.24) is 15.0 Å². The van der Waals surface area contributed by atoms with Crippen molar-refractivity contribution in [3.05, 3.63) is 63.3 Å². The Balaban J connectivity index is 1.65. The van der Waals surface area contributed by atoms with E-state index in [0.717, 1.165) is 24.6 Å². The lowest BCUT2D eigenvalue weighted by molar-refractivity contribution is 0.936. The van der Waals surface area contributed by atoms with Gasteiger partial charge in [-0.15, -0.1) is 0 Å². The molecule has 0 bridgehead atoms. The maximum absolute atomic E-state index is 12.2. The lowest BCUT2D eigenvalue weighted by Gasteiger charge is -2.16. The number of anilines is 1. The Kier molecular flexibility index (Phi) is 4.24. The molecule has 1 aliphatic rings. The summed E-state index contributed by atoms with van der Waals surface area (Å²) in [7, 11) is 0. The monoisotopic (exact) mass is 352 g/mol. The SMILES string of the molecule is O=c1[nH]c(C=Cc2cccc(N3CCCC3)n2)nc2cccc(Cl)c12. The van der Waals surface area contributed by atoms with Crippen LogP contribution in [-0.2, 0) is 0 Å². The molecule has 0 amide bonds. The summed E-state index contributed by atoms with van der Waals surface area (Å²) < 4.78 is 0. The predicted molar refractivity (Wildman–Crippen MR) is 102 cm³/mol. The van der Waals surface area contributed by atoms with Crippen LogP contribution in [0.1, 0.15) is 24.4 Å². The van der Waals surface area contributed by atoms with E-state index in [-0.39, 0.29) is 5.56 Å². The van der Waals surface area contributed by atoms with Crippen LogP contribution in [0.3, 0.4) is 0 Å². The summed E-state index contributed by atoms with van der Waals surface area (Å²) in [6, 6.07) is 11.2. The Morgan fingerprint density at radius 1 is 1.04 bits per heavy atom. The molecule has 5 nitrogen and oxygen atoms in total. The molecule has 0 saturated carbocycles. The van der Waals surface area contributed by atoms with Crippen LogP contribution in [0.25, 0.3) is 23.1 Å². The van der Waals surface area contributed by atoms with Crippen LogP contribution >= 0.6 is 11.6 Å². The number of halogens is 1. The van der Waals surface area contributed by atoms with Crippen LogP contribution in [0, 0.1) is 0 Å². The Labute approximate surface area is 150 Å². The van der Waals surface area contributed by atoms with Gasteiger partial charge in [-0.3, -0.25) is 4.79 Å². The number of benzene rings is 1. The molecule has 3 heterocycles. The van der Waals surface area contributed by atoms with Gasteiger partial charge in [-0.05, 0) is 49.3 Å². The van der Waals surface area contributed by atoms with Crippen LogP contribution in [0.2, 0.25) is 5.02 Å². The highest BCUT2D eigenvalue weighted by Gasteiger charge is 2.13. The van der Waals surface area contributed by atoms with Crippen molar-refractivity contribution in [3.8, 4) is 0 Å². The first-order valence-electron chi connectivity index (χ1n) is 8.29. The van der Waals surface area contributed by atoms with E-state index in [2.05, 4.69) is 19.9 Å². The third kappa shape index (κ3) is 3.28. The summed E-state index contributed by atoms with van der Waals surface area (Å²) in [5.74, 6) is 1.47. The largest absolute Gasteiger partial charge is 0.357 e. The molecular formula is C19H17ClN4O. The van der Waals surface area contributed by atoms with Crippen molar-refractivity contribution in [2.75, 3.05) is 18.0 Å². The highest BCUT2D eigenvalue weighted by molar-refractivity contribution is 6.35. The zero-order valence-electron chi connectivity index (χ0n) is 13.6. The maximum Gasteiger partial charge on any atom is 0.260 e. The molecule has 0 unspecified atom stereocenters. The van der Waals surface area contributed by atoms with E-state index < -0.39 is 0 Å². The van der Waals surface area contributed by atoms with Gasteiger partial charge in [-0.2, -0.15) is 0 Å². The quantitative estimate of drug-likeness (QED) is 0.780. The molecule has 2 aromatic heterocycles. The number of rotatable bonds is 3. The summed E-state index contributed by atoms with van der Waals surface area (Å²) in [6.45, 7) is 2.11. The Bertz CT molecular complexity index is 1010. The number of hydrogen-bond donors (Lipinski definition) is 1. The predicted octanol–water partition coefficient (Wildman–Crippen LogP) is 3.74. The molecule has 1 aromatic carbocycles. The number of pyridine rings is 1. The minimum absolute atomic E-state index is 0.242. The summed E-state index contributed by atoms with van der Waals surface area (Å²) >= 11 is 6.07. The second-order valence-corrected chi connectivity index (χ2v) is 6.44. The fourth-order valence-corrected chi connectivity index (χ4v) is 3.32. The first-order chi connectivity index (χ1) is 12.2. The first kappa shape index (κ1) is 15.8. The zero-order valence-corrected chi connectivity index (χ0v) is 14.3. The molecule has 0 spiro atoms. The lowest BCUT2D eigenvalue weighted by atomic mass is 10.2. The molecule has 4 rings (SSSR count). The van der Waals surface area contributed by atoms with Gasteiger partial charge >= 0.3 is 0 Å². The van der Waals surface area contributed by atoms with E-state index in [1.165, 1.54) is 12.8 Å². The summed E-state index contributed by atoms with van der Waals surface area (Å²) in [4.78, 5) is 26.4. The molecule has 0 aliphatic carbocycles. The molecule has 25 heavy (non-hydrogen) atoms. The van der Waals surface area contributed by atoms with Crippen molar-refractivity contribution < 1.29 is 0 Å². The second-order valence-electron chi connectivity index (χ2n) is 6.03. The van der Waals surface area contributed by atoms with E-state index in [0.29, 0.717) is 21.7 Å². The number of hydrogen-bond acceptors (Lipinski definition) is 4. The van der Waals surface area contributed by atoms with E-state index in [9.17, 15) is 4.79 Å². The average molecular weight is 353 g/mol. The van der Waals surface area contributed by atoms with Gasteiger partial charge in [0.05, 0.1) is 21.6 Å². The first-order valence-corrected chi connectivity index (χ1v) is 8.67. The summed E-state index contributed by atoms with van der Waals surface area (Å²) in [5.41, 5.74) is 1.17. The smallest absolute Gasteiger partial charge is 0.260 e. The van der Waals surface area contributed by atoms with Crippen molar-refractivity contribution in [2.24, 2.45) is 0 Å². The van der Waals surface area contributed by atoms with Gasteiger partial charge in [0.15, 0.2) is 0 Å². The molecule has 6 heteroatoms. The molecule has 1 N–H and O–H groups in total. The number of aromatic nitrogens is 3. The molecule has 1 aliphatic heterocycles. The highest BCUT2D eigenvalue weighted by atomic mass is 35.5. The van der Waals surface area contributed by atoms with E-state index >= 15 is 0 Å². The number of nitrogens with zero attached hydrogens (tertiary/aromatic N) is 3. The minimum Gasteiger partial charge on any atom is -0.357 e. The molecule has 1 saturated heterocycles. The molecule has 1 fully saturated rings. The number of H-pyrrole nitrogens is 1. The van der Waals surface area contributed by atoms with Crippen LogP contribution in [0.4, 0.5) is 5.82 Å². The Morgan fingerprint density at radius 2 is 1.84 bits per heavy atom. The number of aromatic amines is 1. The minimum atomic E-state index is -0.242. The van der Waals surface area contributed by atoms with Gasteiger partial charge in [-0.25, -0.2) is 9.97 Å². The number of nitrogens with one attached hydrogen (secondary N) is 1. The summed E-state index contributed by atoms with van der Waals surface area (Å²) in [6.07, 6.45) is 6.05. The van der Waals surface area contributed by atoms with Gasteiger partial charge in [0, 0.05) is 13.1 Å². The molecule has 0 atom stereocenters. The standard InChI is InChI=1S/C19H17ClN4O/c20-14-6-4-7-15-18(14)19(25)23-16(22-15)10-9-13-5-3-8-17(21-13)24-11-1-2-12-24/h3-10H,1-2,11-12H2,(H,22,23,25). The fraction of sp³-hybridized carbons (Fsp3) is 0.211. The van der Waals surface area contributed by atoms with Gasteiger partial charge in [0.25, 0.3) is 5.56 Å². The lowest BCUT2D eigenvalue weighted by Crippen LogP contribution is -2.18. The highest BCUT2D eigenvalue weighted by Crippen LogP contribution is 2.20. The third-order valence-electron chi connectivity index (χ3n) is 4.30. The van der Waals surface area contributed by atoms with E-state index in [4.69, 9.17) is 11.6 Å². The molecule has 0 radical (unpaired) electrons. The number of fused-ring (bicyclic) bond motifs is 1. The Hall–Kier alpha value is -2.66. The second kappa shape index (κ2) is 6.69. The van der Waals surface area contributed by atoms with Gasteiger partial charge < -0.3 is 9.88 Å². The average Bonchev–Trinajstić information content (AvgIpc) is 3.15. The van der Waals surface area contributed by atoms with Crippen molar-refractivity contribution in [1.29, 1.82) is 0 Å². The molecule has 3 aromatic rings. The Morgan fingerprint density at radius 3 is 2.68 bits per heavy atom. The van der Waals surface area contributed by atoms with Crippen LogP contribution in [0.15, 0.2) is 41.2 Å². The third-order valence-corrected chi connectivity index (χ3v) is 4.61. The normalized spacial score (nSPS) is 14.7. The van der Waals surface area contributed by atoms with Crippen molar-refractivity contribution in [2.45, 2.75) is 12.8 Å². The van der Waals surface area contributed by atoms with E-state index in [1.807, 2.05) is 24.3 Å². The van der Waals surface area contributed by atoms with Crippen LogP contribution in [-0.4, -0.2) is 28.0 Å².